The van der Waals surface area contributed by atoms with Crippen molar-refractivity contribution in [2.24, 2.45) is 0 Å². The second-order valence-corrected chi connectivity index (χ2v) is 5.84. The van der Waals surface area contributed by atoms with Crippen LogP contribution in [0.2, 0.25) is 0 Å². The van der Waals surface area contributed by atoms with Crippen LogP contribution in [0.3, 0.4) is 0 Å². The van der Waals surface area contributed by atoms with Gasteiger partial charge in [-0.2, -0.15) is 0 Å². The van der Waals surface area contributed by atoms with Gasteiger partial charge in [-0.05, 0) is 43.3 Å². The van der Waals surface area contributed by atoms with Gasteiger partial charge < -0.3 is 10.6 Å². The van der Waals surface area contributed by atoms with Gasteiger partial charge in [0.1, 0.15) is 0 Å². The topological polar surface area (TPSA) is 66.9 Å². The van der Waals surface area contributed by atoms with Crippen molar-refractivity contribution in [3.63, 3.8) is 0 Å². The highest BCUT2D eigenvalue weighted by atomic mass is 16.2. The summed E-state index contributed by atoms with van der Waals surface area (Å²) in [5.74, 6) is 0. The van der Waals surface area contributed by atoms with E-state index < -0.39 is 0 Å². The zero-order chi connectivity index (χ0) is 17.2. The molecule has 5 nitrogen and oxygen atoms in total. The first-order valence-electron chi connectivity index (χ1n) is 7.98. The molecule has 4 rings (SSSR count). The molecule has 0 aliphatic heterocycles. The number of hydrogen-bond acceptors (Lipinski definition) is 3. The number of pyridine rings is 2. The van der Waals surface area contributed by atoms with Crippen LogP contribution in [-0.4, -0.2) is 16.0 Å². The highest BCUT2D eigenvalue weighted by Crippen LogP contribution is 2.29. The van der Waals surface area contributed by atoms with E-state index in [0.717, 1.165) is 33.1 Å². The highest BCUT2D eigenvalue weighted by molar-refractivity contribution is 6.13. The second-order valence-electron chi connectivity index (χ2n) is 5.84. The SMILES string of the molecule is Cc1ccc(NC(=O)Nc2cc3cccnc3c3ncccc23)cc1. The molecule has 5 heteroatoms. The third kappa shape index (κ3) is 2.99. The van der Waals surface area contributed by atoms with Gasteiger partial charge in [0, 0.05) is 28.9 Å². The van der Waals surface area contributed by atoms with E-state index >= 15 is 0 Å². The first-order chi connectivity index (χ1) is 12.2. The molecule has 0 saturated heterocycles. The molecule has 25 heavy (non-hydrogen) atoms. The molecule has 0 aliphatic rings. The first-order valence-corrected chi connectivity index (χ1v) is 7.98. The Morgan fingerprint density at radius 3 is 2.40 bits per heavy atom. The largest absolute Gasteiger partial charge is 0.323 e. The minimum atomic E-state index is -0.294. The number of amides is 2. The summed E-state index contributed by atoms with van der Waals surface area (Å²) in [6.45, 7) is 2.01. The molecule has 122 valence electrons. The normalized spacial score (nSPS) is 10.8. The molecular formula is C20H16N4O. The number of aromatic nitrogens is 2. The monoisotopic (exact) mass is 328 g/mol. The van der Waals surface area contributed by atoms with E-state index in [1.807, 2.05) is 61.5 Å². The number of urea groups is 1. The summed E-state index contributed by atoms with van der Waals surface area (Å²) in [4.78, 5) is 21.2. The van der Waals surface area contributed by atoms with Crippen molar-refractivity contribution in [3.05, 3.63) is 72.6 Å². The Morgan fingerprint density at radius 2 is 1.60 bits per heavy atom. The summed E-state index contributed by atoms with van der Waals surface area (Å²) in [6, 6.07) is 16.9. The molecule has 2 heterocycles. The first kappa shape index (κ1) is 15.1. The van der Waals surface area contributed by atoms with Gasteiger partial charge in [-0.3, -0.25) is 9.97 Å². The van der Waals surface area contributed by atoms with E-state index in [1.165, 1.54) is 0 Å². The van der Waals surface area contributed by atoms with Gasteiger partial charge >= 0.3 is 6.03 Å². The Labute approximate surface area is 144 Å². The van der Waals surface area contributed by atoms with Crippen molar-refractivity contribution in [2.75, 3.05) is 10.6 Å². The highest BCUT2D eigenvalue weighted by Gasteiger charge is 2.11. The van der Waals surface area contributed by atoms with Crippen LogP contribution in [0.15, 0.2) is 67.0 Å². The Kier molecular flexibility index (Phi) is 3.74. The minimum Gasteiger partial charge on any atom is -0.308 e. The number of aryl methyl sites for hydroxylation is 1. The third-order valence-corrected chi connectivity index (χ3v) is 4.02. The Hall–Kier alpha value is -3.47. The number of hydrogen-bond donors (Lipinski definition) is 2. The van der Waals surface area contributed by atoms with Crippen LogP contribution in [-0.2, 0) is 0 Å². The van der Waals surface area contributed by atoms with Gasteiger partial charge in [-0.25, -0.2) is 4.79 Å². The lowest BCUT2D eigenvalue weighted by Crippen LogP contribution is -2.19. The van der Waals surface area contributed by atoms with E-state index in [4.69, 9.17) is 0 Å². The second kappa shape index (κ2) is 6.20. The number of nitrogens with one attached hydrogen (secondary N) is 2. The van der Waals surface area contributed by atoms with Crippen LogP contribution in [0, 0.1) is 6.92 Å². The molecule has 4 aromatic rings. The average Bonchev–Trinajstić information content (AvgIpc) is 2.64. The molecule has 0 fully saturated rings. The van der Waals surface area contributed by atoms with E-state index in [2.05, 4.69) is 20.6 Å². The number of fused-ring (bicyclic) bond motifs is 3. The summed E-state index contributed by atoms with van der Waals surface area (Å²) >= 11 is 0. The molecule has 0 saturated carbocycles. The lowest BCUT2D eigenvalue weighted by atomic mass is 10.1. The number of carbonyl (C=O) groups is 1. The number of rotatable bonds is 2. The molecule has 2 aromatic carbocycles. The molecule has 0 spiro atoms. The van der Waals surface area contributed by atoms with Crippen LogP contribution < -0.4 is 10.6 Å². The molecule has 0 radical (unpaired) electrons. The Morgan fingerprint density at radius 1 is 0.880 bits per heavy atom. The summed E-state index contributed by atoms with van der Waals surface area (Å²) in [6.07, 6.45) is 3.47. The van der Waals surface area contributed by atoms with Crippen molar-refractivity contribution in [1.29, 1.82) is 0 Å². The van der Waals surface area contributed by atoms with Crippen LogP contribution in [0.1, 0.15) is 5.56 Å². The van der Waals surface area contributed by atoms with Gasteiger partial charge in [0.25, 0.3) is 0 Å². The zero-order valence-corrected chi connectivity index (χ0v) is 13.7. The van der Waals surface area contributed by atoms with Gasteiger partial charge in [-0.1, -0.05) is 23.8 Å². The summed E-state index contributed by atoms with van der Waals surface area (Å²) in [5.41, 5.74) is 4.18. The van der Waals surface area contributed by atoms with Gasteiger partial charge in [-0.15, -0.1) is 0 Å². The predicted octanol–water partition coefficient (Wildman–Crippen LogP) is 4.74. The molecular weight excluding hydrogens is 312 g/mol. The van der Waals surface area contributed by atoms with Crippen molar-refractivity contribution in [2.45, 2.75) is 6.92 Å². The fraction of sp³-hybridized carbons (Fsp3) is 0.0500. The fourth-order valence-electron chi connectivity index (χ4n) is 2.80. The van der Waals surface area contributed by atoms with Crippen molar-refractivity contribution in [3.8, 4) is 0 Å². The smallest absolute Gasteiger partial charge is 0.308 e. The quantitative estimate of drug-likeness (QED) is 0.522. The van der Waals surface area contributed by atoms with E-state index in [9.17, 15) is 4.79 Å². The number of carbonyl (C=O) groups excluding carboxylic acids is 1. The summed E-state index contributed by atoms with van der Waals surface area (Å²) < 4.78 is 0. The molecule has 0 unspecified atom stereocenters. The molecule has 0 bridgehead atoms. The minimum absolute atomic E-state index is 0.294. The molecule has 2 N–H and O–H groups in total. The van der Waals surface area contributed by atoms with Crippen LogP contribution in [0.5, 0.6) is 0 Å². The third-order valence-electron chi connectivity index (χ3n) is 4.02. The summed E-state index contributed by atoms with van der Waals surface area (Å²) in [5, 5.41) is 7.55. The standard InChI is InChI=1S/C20H16N4O/c1-13-6-8-15(9-7-13)23-20(25)24-17-12-14-4-2-10-21-18(14)19-16(17)5-3-11-22-19/h2-12H,1H3,(H2,23,24,25). The summed E-state index contributed by atoms with van der Waals surface area (Å²) in [7, 11) is 0. The lowest BCUT2D eigenvalue weighted by Gasteiger charge is -2.12. The van der Waals surface area contributed by atoms with Crippen molar-refractivity contribution >= 4 is 39.2 Å². The Balaban J connectivity index is 1.70. The number of nitrogens with zero attached hydrogens (tertiary/aromatic N) is 2. The number of benzene rings is 2. The maximum absolute atomic E-state index is 12.4. The Bertz CT molecular complexity index is 1070. The van der Waals surface area contributed by atoms with Crippen LogP contribution in [0.25, 0.3) is 21.8 Å². The van der Waals surface area contributed by atoms with Gasteiger partial charge in [0.15, 0.2) is 0 Å². The number of anilines is 2. The van der Waals surface area contributed by atoms with Crippen molar-refractivity contribution < 1.29 is 4.79 Å². The maximum Gasteiger partial charge on any atom is 0.323 e. The van der Waals surface area contributed by atoms with Gasteiger partial charge in [0.2, 0.25) is 0 Å². The van der Waals surface area contributed by atoms with Gasteiger partial charge in [0.05, 0.1) is 16.7 Å². The average molecular weight is 328 g/mol. The fourth-order valence-corrected chi connectivity index (χ4v) is 2.80. The van der Waals surface area contributed by atoms with Crippen LogP contribution in [0.4, 0.5) is 16.2 Å². The predicted molar refractivity (Wildman–Crippen MR) is 101 cm³/mol. The van der Waals surface area contributed by atoms with Crippen molar-refractivity contribution in [1.82, 2.24) is 9.97 Å². The molecule has 2 amide bonds. The van der Waals surface area contributed by atoms with Crippen LogP contribution >= 0.6 is 0 Å². The van der Waals surface area contributed by atoms with E-state index in [-0.39, 0.29) is 6.03 Å². The lowest BCUT2D eigenvalue weighted by molar-refractivity contribution is 0.262. The molecule has 2 aromatic heterocycles. The maximum atomic E-state index is 12.4. The molecule has 0 atom stereocenters. The zero-order valence-electron chi connectivity index (χ0n) is 13.7. The molecule has 0 aliphatic carbocycles. The van der Waals surface area contributed by atoms with E-state index in [0.29, 0.717) is 5.69 Å². The van der Waals surface area contributed by atoms with E-state index in [1.54, 1.807) is 12.4 Å².